The summed E-state index contributed by atoms with van der Waals surface area (Å²) in [5.41, 5.74) is 3.82. The van der Waals surface area contributed by atoms with Gasteiger partial charge in [0.15, 0.2) is 0 Å². The van der Waals surface area contributed by atoms with Crippen molar-refractivity contribution in [3.05, 3.63) is 59.5 Å². The molecule has 0 radical (unpaired) electrons. The van der Waals surface area contributed by atoms with Gasteiger partial charge in [-0.25, -0.2) is 4.52 Å². The van der Waals surface area contributed by atoms with E-state index in [9.17, 15) is 4.79 Å². The number of nitrogens with one attached hydrogen (secondary N) is 1. The normalized spacial score (nSPS) is 17.2. The molecule has 0 bridgehead atoms. The number of carbonyl (C=O) groups is 1. The molecule has 3 aromatic rings. The molecule has 1 atom stereocenters. The Morgan fingerprint density at radius 3 is 3.17 bits per heavy atom. The SMILES string of the molecule is Cn1ccn2ncc(C(=O)NC[C@@H]3OCCc4ccccc43)c12. The van der Waals surface area contributed by atoms with E-state index < -0.39 is 0 Å². The van der Waals surface area contributed by atoms with Crippen molar-refractivity contribution >= 4 is 11.6 Å². The number of rotatable bonds is 3. The number of nitrogens with zero attached hydrogens (tertiary/aromatic N) is 3. The second-order valence-electron chi connectivity index (χ2n) is 5.75. The predicted octanol–water partition coefficient (Wildman–Crippen LogP) is 1.72. The molecular formula is C17H18N4O2. The van der Waals surface area contributed by atoms with Crippen molar-refractivity contribution in [2.24, 2.45) is 7.05 Å². The van der Waals surface area contributed by atoms with Crippen LogP contribution in [-0.2, 0) is 18.2 Å². The van der Waals surface area contributed by atoms with Crippen LogP contribution < -0.4 is 5.32 Å². The number of amides is 1. The van der Waals surface area contributed by atoms with E-state index in [4.69, 9.17) is 4.74 Å². The molecule has 6 nitrogen and oxygen atoms in total. The van der Waals surface area contributed by atoms with Crippen LogP contribution in [0.1, 0.15) is 27.6 Å². The van der Waals surface area contributed by atoms with Crippen molar-refractivity contribution in [2.75, 3.05) is 13.2 Å². The third kappa shape index (κ3) is 2.41. The van der Waals surface area contributed by atoms with Crippen molar-refractivity contribution in [3.8, 4) is 0 Å². The maximum atomic E-state index is 12.5. The largest absolute Gasteiger partial charge is 0.371 e. The predicted molar refractivity (Wildman–Crippen MR) is 85.3 cm³/mol. The van der Waals surface area contributed by atoms with E-state index in [0.29, 0.717) is 18.7 Å². The average molecular weight is 310 g/mol. The Balaban J connectivity index is 1.51. The lowest BCUT2D eigenvalue weighted by Crippen LogP contribution is -2.31. The van der Waals surface area contributed by atoms with Crippen molar-refractivity contribution in [1.29, 1.82) is 0 Å². The lowest BCUT2D eigenvalue weighted by atomic mass is 9.97. The number of hydrogen-bond donors (Lipinski definition) is 1. The van der Waals surface area contributed by atoms with Gasteiger partial charge in [-0.1, -0.05) is 24.3 Å². The van der Waals surface area contributed by atoms with E-state index in [-0.39, 0.29) is 12.0 Å². The number of benzene rings is 1. The zero-order valence-electron chi connectivity index (χ0n) is 12.9. The summed E-state index contributed by atoms with van der Waals surface area (Å²) in [5, 5.41) is 7.17. The summed E-state index contributed by atoms with van der Waals surface area (Å²) in [5.74, 6) is -0.131. The number of hydrogen-bond acceptors (Lipinski definition) is 3. The monoisotopic (exact) mass is 310 g/mol. The van der Waals surface area contributed by atoms with E-state index in [2.05, 4.69) is 22.5 Å². The van der Waals surface area contributed by atoms with Crippen molar-refractivity contribution in [1.82, 2.24) is 19.5 Å². The van der Waals surface area contributed by atoms with Crippen LogP contribution in [0.5, 0.6) is 0 Å². The Bertz CT molecular complexity index is 864. The van der Waals surface area contributed by atoms with Crippen LogP contribution in [0.3, 0.4) is 0 Å². The smallest absolute Gasteiger partial charge is 0.256 e. The zero-order chi connectivity index (χ0) is 15.8. The molecule has 1 aliphatic heterocycles. The fourth-order valence-corrected chi connectivity index (χ4v) is 3.14. The molecule has 0 fully saturated rings. The van der Waals surface area contributed by atoms with Gasteiger partial charge in [-0.15, -0.1) is 0 Å². The maximum absolute atomic E-state index is 12.5. The highest BCUT2D eigenvalue weighted by atomic mass is 16.5. The molecule has 118 valence electrons. The number of carbonyl (C=O) groups excluding carboxylic acids is 1. The molecule has 23 heavy (non-hydrogen) atoms. The molecular weight excluding hydrogens is 292 g/mol. The van der Waals surface area contributed by atoms with Crippen molar-refractivity contribution in [2.45, 2.75) is 12.5 Å². The molecule has 0 spiro atoms. The lowest BCUT2D eigenvalue weighted by molar-refractivity contribution is 0.0411. The van der Waals surface area contributed by atoms with Gasteiger partial charge in [0.1, 0.15) is 17.3 Å². The Morgan fingerprint density at radius 1 is 1.39 bits per heavy atom. The van der Waals surface area contributed by atoms with Crippen LogP contribution in [-0.4, -0.2) is 33.2 Å². The maximum Gasteiger partial charge on any atom is 0.256 e. The van der Waals surface area contributed by atoms with Crippen LogP contribution in [0.2, 0.25) is 0 Å². The molecule has 4 rings (SSSR count). The average Bonchev–Trinajstić information content (AvgIpc) is 3.16. The summed E-state index contributed by atoms with van der Waals surface area (Å²) < 4.78 is 9.41. The number of aromatic nitrogens is 3. The van der Waals surface area contributed by atoms with Gasteiger partial charge in [0.2, 0.25) is 0 Å². The van der Waals surface area contributed by atoms with Gasteiger partial charge in [-0.2, -0.15) is 5.10 Å². The molecule has 0 unspecified atom stereocenters. The van der Waals surface area contributed by atoms with Gasteiger partial charge < -0.3 is 14.6 Å². The fraction of sp³-hybridized carbons (Fsp3) is 0.294. The molecule has 1 aliphatic rings. The van der Waals surface area contributed by atoms with Crippen LogP contribution in [0.4, 0.5) is 0 Å². The highest BCUT2D eigenvalue weighted by molar-refractivity contribution is 5.99. The molecule has 0 saturated carbocycles. The molecule has 1 aromatic carbocycles. The minimum atomic E-state index is -0.131. The van der Waals surface area contributed by atoms with E-state index >= 15 is 0 Å². The van der Waals surface area contributed by atoms with Crippen LogP contribution in [0.25, 0.3) is 5.65 Å². The molecule has 1 amide bonds. The first kappa shape index (κ1) is 14.0. The third-order valence-corrected chi connectivity index (χ3v) is 4.32. The summed E-state index contributed by atoms with van der Waals surface area (Å²) in [7, 11) is 1.90. The molecule has 3 heterocycles. The Morgan fingerprint density at radius 2 is 2.26 bits per heavy atom. The zero-order valence-corrected chi connectivity index (χ0v) is 12.9. The number of aryl methyl sites for hydroxylation is 1. The van der Waals surface area contributed by atoms with Crippen molar-refractivity contribution < 1.29 is 9.53 Å². The quantitative estimate of drug-likeness (QED) is 0.801. The summed E-state index contributed by atoms with van der Waals surface area (Å²) in [6, 6.07) is 8.24. The lowest BCUT2D eigenvalue weighted by Gasteiger charge is -2.26. The second kappa shape index (κ2) is 5.55. The molecule has 2 aromatic heterocycles. The van der Waals surface area contributed by atoms with Crippen LogP contribution >= 0.6 is 0 Å². The van der Waals surface area contributed by atoms with Gasteiger partial charge in [-0.05, 0) is 17.5 Å². The van der Waals surface area contributed by atoms with E-state index in [1.54, 1.807) is 10.7 Å². The first-order valence-corrected chi connectivity index (χ1v) is 7.70. The number of imidazole rings is 1. The third-order valence-electron chi connectivity index (χ3n) is 4.32. The standard InChI is InChI=1S/C17H18N4O2/c1-20-7-8-21-17(20)14(10-19-21)16(22)18-11-15-13-5-3-2-4-12(13)6-9-23-15/h2-5,7-8,10,15H,6,9,11H2,1H3,(H,18,22)/t15-/m0/s1. The topological polar surface area (TPSA) is 60.6 Å². The van der Waals surface area contributed by atoms with Gasteiger partial charge in [0.05, 0.1) is 12.8 Å². The van der Waals surface area contributed by atoms with Gasteiger partial charge in [-0.3, -0.25) is 4.79 Å². The molecule has 0 saturated heterocycles. The fourth-order valence-electron chi connectivity index (χ4n) is 3.14. The van der Waals surface area contributed by atoms with E-state index in [1.807, 2.05) is 36.1 Å². The molecule has 1 N–H and O–H groups in total. The Labute approximate surface area is 133 Å². The summed E-state index contributed by atoms with van der Waals surface area (Å²) in [6.45, 7) is 1.14. The highest BCUT2D eigenvalue weighted by Gasteiger charge is 2.22. The summed E-state index contributed by atoms with van der Waals surface area (Å²) >= 11 is 0. The van der Waals surface area contributed by atoms with Gasteiger partial charge >= 0.3 is 0 Å². The Hall–Kier alpha value is -2.60. The highest BCUT2D eigenvalue weighted by Crippen LogP contribution is 2.26. The van der Waals surface area contributed by atoms with Gasteiger partial charge in [0, 0.05) is 26.0 Å². The molecule has 0 aliphatic carbocycles. The first-order valence-electron chi connectivity index (χ1n) is 7.70. The number of fused-ring (bicyclic) bond motifs is 2. The van der Waals surface area contributed by atoms with E-state index in [1.165, 1.54) is 5.56 Å². The van der Waals surface area contributed by atoms with Crippen LogP contribution in [0, 0.1) is 0 Å². The van der Waals surface area contributed by atoms with E-state index in [0.717, 1.165) is 17.6 Å². The Kier molecular flexibility index (Phi) is 3.38. The van der Waals surface area contributed by atoms with Gasteiger partial charge in [0.25, 0.3) is 5.91 Å². The van der Waals surface area contributed by atoms with Crippen LogP contribution in [0.15, 0.2) is 42.9 Å². The number of ether oxygens (including phenoxy) is 1. The summed E-state index contributed by atoms with van der Waals surface area (Å²) in [6.07, 6.45) is 6.13. The molecule has 6 heteroatoms. The minimum Gasteiger partial charge on any atom is -0.371 e. The summed E-state index contributed by atoms with van der Waals surface area (Å²) in [4.78, 5) is 12.5. The van der Waals surface area contributed by atoms with Crippen molar-refractivity contribution in [3.63, 3.8) is 0 Å². The minimum absolute atomic E-state index is 0.0941. The second-order valence-corrected chi connectivity index (χ2v) is 5.75. The first-order chi connectivity index (χ1) is 11.2.